The molecule has 6 atom stereocenters. The third kappa shape index (κ3) is 9.98. The highest BCUT2D eigenvalue weighted by atomic mass is 32.2. The monoisotopic (exact) mass is 731 g/mol. The molecule has 1 unspecified atom stereocenters. The number of nitrogens with one attached hydrogen (secondary N) is 4. The van der Waals surface area contributed by atoms with Gasteiger partial charge in [-0.1, -0.05) is 31.9 Å². The van der Waals surface area contributed by atoms with Crippen molar-refractivity contribution in [1.29, 1.82) is 0 Å². The predicted octanol–water partition coefficient (Wildman–Crippen LogP) is 2.38. The third-order valence-electron chi connectivity index (χ3n) is 9.52. The number of fused-ring (bicyclic) bond motifs is 2. The molecular weight excluding hydrogens is 678 g/mol. The normalized spacial score (nSPS) is 26.9. The highest BCUT2D eigenvalue weighted by molar-refractivity contribution is 7.90. The molecule has 51 heavy (non-hydrogen) atoms. The van der Waals surface area contributed by atoms with Gasteiger partial charge in [-0.3, -0.25) is 23.9 Å². The van der Waals surface area contributed by atoms with Gasteiger partial charge in [-0.2, -0.15) is 0 Å². The van der Waals surface area contributed by atoms with Gasteiger partial charge in [0.1, 0.15) is 29.0 Å². The second-order valence-corrected chi connectivity index (χ2v) is 17.0. The predicted molar refractivity (Wildman–Crippen MR) is 191 cm³/mol. The first-order valence-electron chi connectivity index (χ1n) is 17.7. The molecule has 15 nitrogen and oxygen atoms in total. The molecule has 1 aliphatic carbocycles. The average molecular weight is 732 g/mol. The summed E-state index contributed by atoms with van der Waals surface area (Å²) < 4.78 is 33.4. The van der Waals surface area contributed by atoms with Gasteiger partial charge >= 0.3 is 6.09 Å². The van der Waals surface area contributed by atoms with E-state index in [1.54, 1.807) is 44.7 Å². The molecule has 2 aliphatic heterocycles. The van der Waals surface area contributed by atoms with Crippen LogP contribution in [0.1, 0.15) is 96.3 Å². The van der Waals surface area contributed by atoms with Crippen LogP contribution in [-0.2, 0) is 29.1 Å². The van der Waals surface area contributed by atoms with Gasteiger partial charge in [0.05, 0.1) is 10.8 Å². The molecule has 0 radical (unpaired) electrons. The molecule has 4 rings (SSSR count). The van der Waals surface area contributed by atoms with E-state index >= 15 is 0 Å². The Bertz CT molecular complexity index is 1610. The molecule has 0 bridgehead atoms. The van der Waals surface area contributed by atoms with Crippen LogP contribution in [0.5, 0.6) is 0 Å². The van der Waals surface area contributed by atoms with Crippen LogP contribution in [0.25, 0.3) is 0 Å². The van der Waals surface area contributed by atoms with Crippen LogP contribution in [0, 0.1) is 5.92 Å². The molecule has 1 saturated heterocycles. The van der Waals surface area contributed by atoms with Crippen molar-refractivity contribution in [2.75, 3.05) is 25.5 Å². The molecule has 0 spiro atoms. The van der Waals surface area contributed by atoms with Crippen LogP contribution in [0.3, 0.4) is 0 Å². The molecule has 16 heteroatoms. The summed E-state index contributed by atoms with van der Waals surface area (Å²) in [6.07, 6.45) is 7.96. The van der Waals surface area contributed by atoms with Gasteiger partial charge in [0, 0.05) is 38.8 Å². The number of alkyl carbamates (subject to hydrolysis) is 1. The summed E-state index contributed by atoms with van der Waals surface area (Å²) in [5.41, 5.74) is -2.07. The van der Waals surface area contributed by atoms with Gasteiger partial charge in [0.2, 0.25) is 21.8 Å². The van der Waals surface area contributed by atoms with E-state index in [-0.39, 0.29) is 37.8 Å². The minimum absolute atomic E-state index is 0.00898. The van der Waals surface area contributed by atoms with Crippen molar-refractivity contribution >= 4 is 45.6 Å². The van der Waals surface area contributed by atoms with Crippen LogP contribution in [0.15, 0.2) is 30.5 Å². The number of ether oxygens (including phenoxy) is 1. The Kier molecular flexibility index (Phi) is 12.4. The fourth-order valence-corrected chi connectivity index (χ4v) is 7.35. The van der Waals surface area contributed by atoms with E-state index < -0.39 is 80.2 Å². The number of hydrogen-bond donors (Lipinski definition) is 4. The van der Waals surface area contributed by atoms with Gasteiger partial charge in [0.25, 0.3) is 11.8 Å². The van der Waals surface area contributed by atoms with E-state index in [0.29, 0.717) is 18.7 Å². The second kappa shape index (κ2) is 16.0. The average Bonchev–Trinajstić information content (AvgIpc) is 3.58. The molecule has 5 amide bonds. The molecular formula is C35H53N7O8S. The van der Waals surface area contributed by atoms with Crippen LogP contribution < -0.4 is 25.6 Å². The molecule has 0 aromatic carbocycles. The van der Waals surface area contributed by atoms with Crippen molar-refractivity contribution in [2.24, 2.45) is 5.92 Å². The Balaban J connectivity index is 1.65. The molecule has 1 aromatic heterocycles. The smallest absolute Gasteiger partial charge is 0.408 e. The number of sulfonamides is 1. The van der Waals surface area contributed by atoms with Crippen molar-refractivity contribution < 1.29 is 37.1 Å². The number of aromatic nitrogens is 1. The number of anilines is 1. The molecule has 1 saturated carbocycles. The minimum atomic E-state index is -4.01. The van der Waals surface area contributed by atoms with Gasteiger partial charge in [-0.15, -0.1) is 0 Å². The van der Waals surface area contributed by atoms with E-state index in [2.05, 4.69) is 25.7 Å². The number of allylic oxidation sites excluding steroid dienone is 1. The number of carbonyl (C=O) groups excluding carboxylic acids is 5. The number of rotatable bonds is 8. The first-order valence-corrected chi connectivity index (χ1v) is 19.2. The van der Waals surface area contributed by atoms with E-state index in [1.807, 2.05) is 26.2 Å². The summed E-state index contributed by atoms with van der Waals surface area (Å²) in [5, 5.41) is 7.59. The number of nitrogens with zero attached hydrogens (tertiary/aromatic N) is 3. The third-order valence-corrected chi connectivity index (χ3v) is 11.4. The Labute approximate surface area is 300 Å². The van der Waals surface area contributed by atoms with Crippen molar-refractivity contribution in [3.63, 3.8) is 0 Å². The molecule has 3 heterocycles. The number of pyridine rings is 1. The molecule has 3 aliphatic rings. The van der Waals surface area contributed by atoms with E-state index in [0.717, 1.165) is 12.8 Å². The van der Waals surface area contributed by atoms with E-state index in [9.17, 15) is 32.4 Å². The zero-order chi connectivity index (χ0) is 37.7. The summed E-state index contributed by atoms with van der Waals surface area (Å²) in [7, 11) is -0.362. The highest BCUT2D eigenvalue weighted by Crippen LogP contribution is 2.45. The quantitative estimate of drug-likeness (QED) is 0.288. The maximum absolute atomic E-state index is 14.3. The zero-order valence-electron chi connectivity index (χ0n) is 30.7. The SMILES string of the molecule is CCC(C)S(=O)(=O)NC(=O)[C@@]12C[C@H]1/C=C\CCCCC[C@H](NC(=O)OC(C)(C)C)C(=O)N1C[C@H](NC(=O)c3ccc(N(C)C)nc3)C[C@H]1C(=O)N2. The number of carbonyl (C=O) groups is 5. The lowest BCUT2D eigenvalue weighted by molar-refractivity contribution is -0.141. The maximum Gasteiger partial charge on any atom is 0.408 e. The lowest BCUT2D eigenvalue weighted by Crippen LogP contribution is -2.58. The Morgan fingerprint density at radius 3 is 2.49 bits per heavy atom. The summed E-state index contributed by atoms with van der Waals surface area (Å²) >= 11 is 0. The lowest BCUT2D eigenvalue weighted by atomic mass is 10.0. The van der Waals surface area contributed by atoms with Crippen molar-refractivity contribution in [2.45, 2.75) is 121 Å². The molecule has 282 valence electrons. The zero-order valence-corrected chi connectivity index (χ0v) is 31.5. The minimum Gasteiger partial charge on any atom is -0.444 e. The van der Waals surface area contributed by atoms with Crippen molar-refractivity contribution in [3.05, 3.63) is 36.0 Å². The van der Waals surface area contributed by atoms with Crippen LogP contribution in [0.2, 0.25) is 0 Å². The standard InChI is InChI=1S/C35H53N7O8S/c1-8-22(2)51(48,49)40-32(46)35-19-24(35)14-12-10-9-11-13-15-26(38-33(47)50-34(3,4)5)31(45)42-21-25(18-27(42)30(44)39-35)37-29(43)23-16-17-28(36-20-23)41(6)7/h12,14,16-17,20,22,24-27H,8-11,13,15,18-19,21H2,1-7H3,(H,37,43)(H,38,47)(H,39,44)(H,40,46)/b14-12-/t22?,24-,25-,26+,27+,35-/m1/s1. The van der Waals surface area contributed by atoms with Crippen LogP contribution in [-0.4, -0.2) is 103 Å². The van der Waals surface area contributed by atoms with E-state index in [1.165, 1.54) is 18.0 Å². The summed E-state index contributed by atoms with van der Waals surface area (Å²) in [4.78, 5) is 75.7. The van der Waals surface area contributed by atoms with Gasteiger partial charge < -0.3 is 30.5 Å². The summed E-state index contributed by atoms with van der Waals surface area (Å²) in [6, 6.07) is 0.480. The molecule has 4 N–H and O–H groups in total. The molecule has 2 fully saturated rings. The lowest BCUT2D eigenvalue weighted by Gasteiger charge is -2.30. The van der Waals surface area contributed by atoms with Gasteiger partial charge in [-0.25, -0.2) is 18.2 Å². The largest absolute Gasteiger partial charge is 0.444 e. The number of hydrogen-bond acceptors (Lipinski definition) is 10. The Morgan fingerprint density at radius 1 is 1.14 bits per heavy atom. The number of amides is 5. The van der Waals surface area contributed by atoms with Crippen LogP contribution >= 0.6 is 0 Å². The highest BCUT2D eigenvalue weighted by Gasteiger charge is 2.61. The van der Waals surface area contributed by atoms with Gasteiger partial charge in [0.15, 0.2) is 0 Å². The summed E-state index contributed by atoms with van der Waals surface area (Å²) in [5.74, 6) is -2.29. The second-order valence-electron chi connectivity index (χ2n) is 14.9. The topological polar surface area (TPSA) is 196 Å². The van der Waals surface area contributed by atoms with Crippen LogP contribution in [0.4, 0.5) is 10.6 Å². The fourth-order valence-electron chi connectivity index (χ4n) is 6.27. The van der Waals surface area contributed by atoms with E-state index in [4.69, 9.17) is 4.74 Å². The summed E-state index contributed by atoms with van der Waals surface area (Å²) in [6.45, 7) is 8.27. The maximum atomic E-state index is 14.3. The molecule has 1 aromatic rings. The first kappa shape index (κ1) is 39.6. The Morgan fingerprint density at radius 2 is 1.86 bits per heavy atom. The fraction of sp³-hybridized carbons (Fsp3) is 0.657. The van der Waals surface area contributed by atoms with Crippen molar-refractivity contribution in [3.8, 4) is 0 Å². The Hall–Kier alpha value is -4.21. The van der Waals surface area contributed by atoms with Gasteiger partial charge in [-0.05, 0) is 78.4 Å². The van der Waals surface area contributed by atoms with Crippen molar-refractivity contribution in [1.82, 2.24) is 30.6 Å². The first-order chi connectivity index (χ1) is 23.9.